The monoisotopic (exact) mass is 261 g/mol. The van der Waals surface area contributed by atoms with Gasteiger partial charge in [0.15, 0.2) is 0 Å². The minimum Gasteiger partial charge on any atom is -0.310 e. The van der Waals surface area contributed by atoms with Crippen molar-refractivity contribution >= 4 is 0 Å². The molecule has 0 fully saturated rings. The third-order valence-corrected chi connectivity index (χ3v) is 5.01. The summed E-state index contributed by atoms with van der Waals surface area (Å²) in [5.41, 5.74) is 8.88. The smallest absolute Gasteiger partial charge is 0.0351 e. The van der Waals surface area contributed by atoms with Gasteiger partial charge in [0.05, 0.1) is 0 Å². The summed E-state index contributed by atoms with van der Waals surface area (Å²) >= 11 is 0. The van der Waals surface area contributed by atoms with E-state index in [9.17, 15) is 0 Å². The van der Waals surface area contributed by atoms with E-state index in [1.165, 1.54) is 39.8 Å². The quantitative estimate of drug-likeness (QED) is 0.793. The summed E-state index contributed by atoms with van der Waals surface area (Å²) in [4.78, 5) is 0. The van der Waals surface area contributed by atoms with Crippen LogP contribution in [-0.2, 0) is 0 Å². The Morgan fingerprint density at radius 3 is 1.58 bits per heavy atom. The largest absolute Gasteiger partial charge is 0.310 e. The van der Waals surface area contributed by atoms with Crippen molar-refractivity contribution in [2.24, 2.45) is 5.92 Å². The van der Waals surface area contributed by atoms with Crippen molar-refractivity contribution in [1.29, 1.82) is 0 Å². The third-order valence-electron chi connectivity index (χ3n) is 5.01. The molecule has 0 aliphatic heterocycles. The summed E-state index contributed by atoms with van der Waals surface area (Å²) in [6, 6.07) is 0.480. The molecule has 0 saturated heterocycles. The summed E-state index contributed by atoms with van der Waals surface area (Å²) in [6.45, 7) is 19.2. The van der Waals surface area contributed by atoms with E-state index in [0.717, 1.165) is 6.54 Å². The second-order valence-electron chi connectivity index (χ2n) is 5.96. The van der Waals surface area contributed by atoms with Gasteiger partial charge in [-0.25, -0.2) is 0 Å². The van der Waals surface area contributed by atoms with E-state index in [1.54, 1.807) is 0 Å². The van der Waals surface area contributed by atoms with Gasteiger partial charge < -0.3 is 5.32 Å². The van der Waals surface area contributed by atoms with Crippen molar-refractivity contribution < 1.29 is 0 Å². The van der Waals surface area contributed by atoms with Crippen LogP contribution in [0, 0.1) is 40.5 Å². The maximum absolute atomic E-state index is 3.71. The molecule has 108 valence electrons. The molecule has 1 rings (SSSR count). The molecular formula is C18H31N. The zero-order valence-electron chi connectivity index (χ0n) is 14.1. The van der Waals surface area contributed by atoms with Crippen LogP contribution in [0.1, 0.15) is 66.6 Å². The highest BCUT2D eigenvalue weighted by Crippen LogP contribution is 2.34. The SMILES string of the molecule is CCNC(c1c(C)c(C)c(C)c(C)c1C)C(C)CC. The van der Waals surface area contributed by atoms with Crippen LogP contribution in [0.5, 0.6) is 0 Å². The molecule has 0 spiro atoms. The Labute approximate surface area is 119 Å². The second-order valence-corrected chi connectivity index (χ2v) is 5.96. The Balaban J connectivity index is 3.46. The van der Waals surface area contributed by atoms with Gasteiger partial charge >= 0.3 is 0 Å². The molecule has 0 radical (unpaired) electrons. The average molecular weight is 261 g/mol. The van der Waals surface area contributed by atoms with E-state index in [-0.39, 0.29) is 0 Å². The summed E-state index contributed by atoms with van der Waals surface area (Å²) < 4.78 is 0. The van der Waals surface area contributed by atoms with Gasteiger partial charge in [-0.1, -0.05) is 27.2 Å². The predicted molar refractivity (Wildman–Crippen MR) is 86.0 cm³/mol. The fourth-order valence-electron chi connectivity index (χ4n) is 3.04. The molecule has 0 aliphatic carbocycles. The van der Waals surface area contributed by atoms with Crippen molar-refractivity contribution in [2.75, 3.05) is 6.54 Å². The van der Waals surface area contributed by atoms with Gasteiger partial charge in [-0.05, 0) is 80.5 Å². The number of benzene rings is 1. The molecule has 0 heterocycles. The lowest BCUT2D eigenvalue weighted by atomic mass is 9.82. The molecule has 1 N–H and O–H groups in total. The standard InChI is InChI=1S/C18H31N/c1-9-11(3)18(19-10-2)17-15(7)13(5)12(4)14(6)16(17)8/h11,18-19H,9-10H2,1-8H3. The van der Waals surface area contributed by atoms with Gasteiger partial charge in [0.25, 0.3) is 0 Å². The highest BCUT2D eigenvalue weighted by atomic mass is 14.9. The molecule has 0 aliphatic rings. The van der Waals surface area contributed by atoms with E-state index in [2.05, 4.69) is 60.7 Å². The van der Waals surface area contributed by atoms with Crippen LogP contribution < -0.4 is 5.32 Å². The molecule has 1 aromatic rings. The van der Waals surface area contributed by atoms with Gasteiger partial charge in [0.2, 0.25) is 0 Å². The Morgan fingerprint density at radius 2 is 1.21 bits per heavy atom. The van der Waals surface area contributed by atoms with Gasteiger partial charge in [0, 0.05) is 6.04 Å². The Bertz CT molecular complexity index is 416. The molecule has 1 heteroatoms. The topological polar surface area (TPSA) is 12.0 Å². The Kier molecular flexibility index (Phi) is 5.61. The minimum absolute atomic E-state index is 0.480. The second kappa shape index (κ2) is 6.56. The molecule has 0 aromatic heterocycles. The van der Waals surface area contributed by atoms with Crippen LogP contribution in [0.4, 0.5) is 0 Å². The minimum atomic E-state index is 0.480. The van der Waals surface area contributed by atoms with Crippen LogP contribution >= 0.6 is 0 Å². The number of hydrogen-bond donors (Lipinski definition) is 1. The van der Waals surface area contributed by atoms with Crippen molar-refractivity contribution in [1.82, 2.24) is 5.32 Å². The fourth-order valence-corrected chi connectivity index (χ4v) is 3.04. The summed E-state index contributed by atoms with van der Waals surface area (Å²) in [6.07, 6.45) is 1.21. The van der Waals surface area contributed by atoms with Crippen LogP contribution in [0.2, 0.25) is 0 Å². The normalized spacial score (nSPS) is 14.5. The van der Waals surface area contributed by atoms with Gasteiger partial charge in [-0.2, -0.15) is 0 Å². The highest BCUT2D eigenvalue weighted by Gasteiger charge is 2.23. The van der Waals surface area contributed by atoms with Gasteiger partial charge in [-0.15, -0.1) is 0 Å². The predicted octanol–water partition coefficient (Wildman–Crippen LogP) is 4.93. The van der Waals surface area contributed by atoms with Crippen LogP contribution in [0.3, 0.4) is 0 Å². The molecule has 0 bridgehead atoms. The first-order valence-electron chi connectivity index (χ1n) is 7.66. The van der Waals surface area contributed by atoms with Gasteiger partial charge in [-0.3, -0.25) is 0 Å². The first-order chi connectivity index (χ1) is 8.86. The lowest BCUT2D eigenvalue weighted by molar-refractivity contribution is 0.381. The molecule has 1 aromatic carbocycles. The van der Waals surface area contributed by atoms with Crippen molar-refractivity contribution in [2.45, 2.75) is 67.9 Å². The molecule has 2 atom stereocenters. The lowest BCUT2D eigenvalue weighted by Crippen LogP contribution is -2.28. The lowest BCUT2D eigenvalue weighted by Gasteiger charge is -2.30. The fraction of sp³-hybridized carbons (Fsp3) is 0.667. The van der Waals surface area contributed by atoms with Crippen molar-refractivity contribution in [3.63, 3.8) is 0 Å². The summed E-state index contributed by atoms with van der Waals surface area (Å²) in [5, 5.41) is 3.71. The maximum atomic E-state index is 3.71. The molecule has 0 saturated carbocycles. The van der Waals surface area contributed by atoms with E-state index in [0.29, 0.717) is 12.0 Å². The third kappa shape index (κ3) is 3.02. The molecule has 19 heavy (non-hydrogen) atoms. The van der Waals surface area contributed by atoms with E-state index >= 15 is 0 Å². The molecule has 2 unspecified atom stereocenters. The molecule has 0 amide bonds. The highest BCUT2D eigenvalue weighted by molar-refractivity contribution is 5.50. The van der Waals surface area contributed by atoms with Crippen LogP contribution in [0.25, 0.3) is 0 Å². The van der Waals surface area contributed by atoms with Crippen LogP contribution in [0.15, 0.2) is 0 Å². The van der Waals surface area contributed by atoms with Gasteiger partial charge in [0.1, 0.15) is 0 Å². The first kappa shape index (κ1) is 16.2. The zero-order chi connectivity index (χ0) is 14.7. The Hall–Kier alpha value is -0.820. The molecular weight excluding hydrogens is 230 g/mol. The summed E-state index contributed by atoms with van der Waals surface area (Å²) in [7, 11) is 0. The number of nitrogens with one attached hydrogen (secondary N) is 1. The Morgan fingerprint density at radius 1 is 0.789 bits per heavy atom. The van der Waals surface area contributed by atoms with E-state index < -0.39 is 0 Å². The number of hydrogen-bond acceptors (Lipinski definition) is 1. The zero-order valence-corrected chi connectivity index (χ0v) is 14.1. The van der Waals surface area contributed by atoms with Crippen molar-refractivity contribution in [3.8, 4) is 0 Å². The first-order valence-corrected chi connectivity index (χ1v) is 7.66. The van der Waals surface area contributed by atoms with E-state index in [4.69, 9.17) is 0 Å². The maximum Gasteiger partial charge on any atom is 0.0351 e. The van der Waals surface area contributed by atoms with Crippen molar-refractivity contribution in [3.05, 3.63) is 33.4 Å². The van der Waals surface area contributed by atoms with E-state index in [1.807, 2.05) is 0 Å². The number of rotatable bonds is 5. The van der Waals surface area contributed by atoms with Crippen LogP contribution in [-0.4, -0.2) is 6.54 Å². The average Bonchev–Trinajstić information content (AvgIpc) is 2.41. The molecule has 1 nitrogen and oxygen atoms in total. The summed E-state index contributed by atoms with van der Waals surface area (Å²) in [5.74, 6) is 0.666.